The van der Waals surface area contributed by atoms with Crippen LogP contribution in [0.25, 0.3) is 21.9 Å². The van der Waals surface area contributed by atoms with E-state index in [1.54, 1.807) is 6.07 Å². The van der Waals surface area contributed by atoms with Crippen LogP contribution in [0.2, 0.25) is 0 Å². The Morgan fingerprint density at radius 2 is 1.89 bits per heavy atom. The summed E-state index contributed by atoms with van der Waals surface area (Å²) in [6, 6.07) is 13.3. The minimum atomic E-state index is -0.208. The quantitative estimate of drug-likeness (QED) is 0.517. The maximum Gasteiger partial charge on any atom is 0.311 e. The molecule has 1 aromatic heterocycles. The molecule has 0 N–H and O–H groups in total. The van der Waals surface area contributed by atoms with E-state index in [1.807, 2.05) is 43.3 Å². The molecule has 0 aliphatic carbocycles. The largest absolute Gasteiger partial charge is 0.456 e. The third kappa shape index (κ3) is 2.08. The molecule has 0 fully saturated rings. The van der Waals surface area contributed by atoms with Gasteiger partial charge < -0.3 is 9.15 Å². The molecular formula is C16H14O3. The van der Waals surface area contributed by atoms with Crippen molar-refractivity contribution < 1.29 is 13.9 Å². The topological polar surface area (TPSA) is 39.4 Å². The Labute approximate surface area is 110 Å². The number of esters is 1. The van der Waals surface area contributed by atoms with Crippen molar-refractivity contribution in [3.05, 3.63) is 42.5 Å². The van der Waals surface area contributed by atoms with Crippen LogP contribution < -0.4 is 4.74 Å². The van der Waals surface area contributed by atoms with Gasteiger partial charge in [-0.05, 0) is 24.6 Å². The fourth-order valence-electron chi connectivity index (χ4n) is 2.20. The maximum absolute atomic E-state index is 11.7. The van der Waals surface area contributed by atoms with Gasteiger partial charge in [-0.2, -0.15) is 0 Å². The van der Waals surface area contributed by atoms with E-state index in [2.05, 4.69) is 0 Å². The number of hydrogen-bond donors (Lipinski definition) is 0. The van der Waals surface area contributed by atoms with Crippen molar-refractivity contribution in [2.75, 3.05) is 0 Å². The summed E-state index contributed by atoms with van der Waals surface area (Å²) in [5, 5.41) is 1.83. The van der Waals surface area contributed by atoms with Gasteiger partial charge in [0.2, 0.25) is 0 Å². The van der Waals surface area contributed by atoms with Crippen LogP contribution >= 0.6 is 0 Å². The van der Waals surface area contributed by atoms with Gasteiger partial charge in [-0.3, -0.25) is 4.79 Å². The molecule has 0 aliphatic heterocycles. The van der Waals surface area contributed by atoms with Crippen molar-refractivity contribution in [2.24, 2.45) is 0 Å². The second kappa shape index (κ2) is 4.76. The zero-order valence-electron chi connectivity index (χ0n) is 10.7. The van der Waals surface area contributed by atoms with Crippen LogP contribution in [0, 0.1) is 0 Å². The number of rotatable bonds is 3. The lowest BCUT2D eigenvalue weighted by molar-refractivity contribution is -0.134. The smallest absolute Gasteiger partial charge is 0.311 e. The third-order valence-corrected chi connectivity index (χ3v) is 3.04. The van der Waals surface area contributed by atoms with Gasteiger partial charge >= 0.3 is 5.97 Å². The fraction of sp³-hybridized carbons (Fsp3) is 0.188. The Morgan fingerprint density at radius 1 is 1.11 bits per heavy atom. The Hall–Kier alpha value is -2.29. The van der Waals surface area contributed by atoms with E-state index in [9.17, 15) is 4.79 Å². The monoisotopic (exact) mass is 254 g/mol. The van der Waals surface area contributed by atoms with Gasteiger partial charge in [0.05, 0.1) is 5.39 Å². The van der Waals surface area contributed by atoms with Gasteiger partial charge in [-0.15, -0.1) is 0 Å². The molecular weight excluding hydrogens is 240 g/mol. The molecule has 1 heterocycles. The summed E-state index contributed by atoms with van der Waals surface area (Å²) in [6.07, 6.45) is 1.20. The van der Waals surface area contributed by atoms with Gasteiger partial charge in [0.25, 0.3) is 0 Å². The Morgan fingerprint density at radius 3 is 2.74 bits per heavy atom. The molecule has 0 saturated heterocycles. The minimum Gasteiger partial charge on any atom is -0.456 e. The van der Waals surface area contributed by atoms with Crippen molar-refractivity contribution in [1.82, 2.24) is 0 Å². The lowest BCUT2D eigenvalue weighted by Gasteiger charge is -2.04. The lowest BCUT2D eigenvalue weighted by atomic mass is 10.1. The van der Waals surface area contributed by atoms with E-state index in [1.165, 1.54) is 0 Å². The summed E-state index contributed by atoms with van der Waals surface area (Å²) in [5.41, 5.74) is 1.54. The minimum absolute atomic E-state index is 0.208. The molecule has 0 spiro atoms. The van der Waals surface area contributed by atoms with Crippen LogP contribution in [0.5, 0.6) is 5.75 Å². The van der Waals surface area contributed by atoms with E-state index in [4.69, 9.17) is 9.15 Å². The summed E-state index contributed by atoms with van der Waals surface area (Å²) in [6.45, 7) is 1.95. The molecule has 0 amide bonds. The first-order valence-corrected chi connectivity index (χ1v) is 6.40. The van der Waals surface area contributed by atoms with Gasteiger partial charge in [-0.1, -0.05) is 31.2 Å². The van der Waals surface area contributed by atoms with Crippen LogP contribution in [0.1, 0.15) is 19.8 Å². The molecule has 0 unspecified atom stereocenters. The van der Waals surface area contributed by atoms with Crippen molar-refractivity contribution >= 4 is 27.9 Å². The molecule has 3 rings (SSSR count). The molecule has 3 nitrogen and oxygen atoms in total. The Kier molecular flexibility index (Phi) is 2.95. The van der Waals surface area contributed by atoms with Crippen molar-refractivity contribution in [3.63, 3.8) is 0 Å². The third-order valence-electron chi connectivity index (χ3n) is 3.04. The number of carbonyl (C=O) groups is 1. The molecule has 2 aromatic carbocycles. The molecule has 3 heteroatoms. The number of para-hydroxylation sites is 1. The van der Waals surface area contributed by atoms with Crippen molar-refractivity contribution in [3.8, 4) is 5.75 Å². The van der Waals surface area contributed by atoms with Crippen LogP contribution in [-0.2, 0) is 4.79 Å². The summed E-state index contributed by atoms with van der Waals surface area (Å²) in [7, 11) is 0. The number of fused-ring (bicyclic) bond motifs is 3. The van der Waals surface area contributed by atoms with Crippen molar-refractivity contribution in [2.45, 2.75) is 19.8 Å². The molecule has 0 radical (unpaired) electrons. The van der Waals surface area contributed by atoms with E-state index < -0.39 is 0 Å². The molecule has 0 aliphatic rings. The second-order valence-electron chi connectivity index (χ2n) is 4.45. The number of ether oxygens (including phenoxy) is 1. The van der Waals surface area contributed by atoms with E-state index in [0.29, 0.717) is 12.2 Å². The summed E-state index contributed by atoms with van der Waals surface area (Å²) in [4.78, 5) is 11.7. The van der Waals surface area contributed by atoms with Gasteiger partial charge in [0, 0.05) is 11.8 Å². The number of furan rings is 1. The van der Waals surface area contributed by atoms with E-state index in [-0.39, 0.29) is 5.97 Å². The zero-order valence-corrected chi connectivity index (χ0v) is 10.7. The molecule has 0 saturated carbocycles. The molecule has 96 valence electrons. The molecule has 0 bridgehead atoms. The summed E-state index contributed by atoms with van der Waals surface area (Å²) < 4.78 is 11.2. The standard InChI is InChI=1S/C16H14O3/c1-2-6-15(17)19-14-10-5-9-13-16(14)11-7-3-4-8-12(11)18-13/h3-5,7-10H,2,6H2,1H3. The Bertz CT molecular complexity index is 740. The highest BCUT2D eigenvalue weighted by molar-refractivity contribution is 6.08. The highest BCUT2D eigenvalue weighted by Gasteiger charge is 2.13. The lowest BCUT2D eigenvalue weighted by Crippen LogP contribution is -2.06. The summed E-state index contributed by atoms with van der Waals surface area (Å²) in [5.74, 6) is 0.362. The van der Waals surface area contributed by atoms with Crippen LogP contribution in [0.3, 0.4) is 0 Å². The normalized spacial score (nSPS) is 11.0. The van der Waals surface area contributed by atoms with Crippen LogP contribution in [0.4, 0.5) is 0 Å². The van der Waals surface area contributed by atoms with Crippen LogP contribution in [-0.4, -0.2) is 5.97 Å². The fourth-order valence-corrected chi connectivity index (χ4v) is 2.20. The summed E-state index contributed by atoms with van der Waals surface area (Å²) >= 11 is 0. The predicted octanol–water partition coefficient (Wildman–Crippen LogP) is 4.29. The number of hydrogen-bond acceptors (Lipinski definition) is 3. The molecule has 19 heavy (non-hydrogen) atoms. The van der Waals surface area contributed by atoms with Gasteiger partial charge in [-0.25, -0.2) is 0 Å². The first-order chi connectivity index (χ1) is 9.29. The maximum atomic E-state index is 11.7. The van der Waals surface area contributed by atoms with Crippen molar-refractivity contribution in [1.29, 1.82) is 0 Å². The zero-order chi connectivity index (χ0) is 13.2. The van der Waals surface area contributed by atoms with Gasteiger partial charge in [0.15, 0.2) is 0 Å². The Balaban J connectivity index is 2.16. The first-order valence-electron chi connectivity index (χ1n) is 6.40. The van der Waals surface area contributed by atoms with E-state index >= 15 is 0 Å². The van der Waals surface area contributed by atoms with E-state index in [0.717, 1.165) is 28.4 Å². The average Bonchev–Trinajstić information content (AvgIpc) is 2.78. The molecule has 0 atom stereocenters. The predicted molar refractivity (Wildman–Crippen MR) is 74.3 cm³/mol. The highest BCUT2D eigenvalue weighted by atomic mass is 16.5. The average molecular weight is 254 g/mol. The molecule has 3 aromatic rings. The van der Waals surface area contributed by atoms with Gasteiger partial charge in [0.1, 0.15) is 16.9 Å². The number of carbonyl (C=O) groups excluding carboxylic acids is 1. The SMILES string of the molecule is CCCC(=O)Oc1cccc2oc3ccccc3c12. The van der Waals surface area contributed by atoms with Crippen LogP contribution in [0.15, 0.2) is 46.9 Å². The first kappa shape index (κ1) is 11.8. The number of benzene rings is 2. The second-order valence-corrected chi connectivity index (χ2v) is 4.45. The highest BCUT2D eigenvalue weighted by Crippen LogP contribution is 2.35.